The van der Waals surface area contributed by atoms with Gasteiger partial charge in [-0.2, -0.15) is 0 Å². The van der Waals surface area contributed by atoms with Gasteiger partial charge < -0.3 is 11.5 Å². The van der Waals surface area contributed by atoms with Crippen LogP contribution in [0.2, 0.25) is 0 Å². The number of carbonyl (C=O) groups excluding carboxylic acids is 1. The van der Waals surface area contributed by atoms with E-state index in [2.05, 4.69) is 4.72 Å². The first-order valence-corrected chi connectivity index (χ1v) is 6.51. The van der Waals surface area contributed by atoms with Gasteiger partial charge in [-0.3, -0.25) is 4.79 Å². The smallest absolute Gasteiger partial charge is 0.241 e. The Kier molecular flexibility index (Phi) is 4.08. The third kappa shape index (κ3) is 3.43. The number of hydrogen-bond donors (Lipinski definition) is 3. The lowest BCUT2D eigenvalue weighted by Crippen LogP contribution is -2.33. The first-order chi connectivity index (χ1) is 7.86. The topological polar surface area (TPSA) is 115 Å². The Labute approximate surface area is 100 Å². The van der Waals surface area contributed by atoms with Crippen LogP contribution in [0.5, 0.6) is 0 Å². The fourth-order valence-corrected chi connectivity index (χ4v) is 2.69. The number of amides is 1. The van der Waals surface area contributed by atoms with Gasteiger partial charge in [-0.05, 0) is 24.1 Å². The lowest BCUT2D eigenvalue weighted by Gasteiger charge is -2.10. The van der Waals surface area contributed by atoms with Gasteiger partial charge in [-0.15, -0.1) is 0 Å². The number of nitrogens with one attached hydrogen (secondary N) is 1. The third-order valence-electron chi connectivity index (χ3n) is 2.20. The van der Waals surface area contributed by atoms with E-state index in [4.69, 9.17) is 11.5 Å². The molecule has 0 aliphatic carbocycles. The van der Waals surface area contributed by atoms with Gasteiger partial charge in [0, 0.05) is 5.69 Å². The fraction of sp³-hybridized carbons (Fsp3) is 0.300. The number of carbonyl (C=O) groups is 1. The zero-order valence-corrected chi connectivity index (χ0v) is 10.3. The molecule has 0 unspecified atom stereocenters. The number of nitrogens with two attached hydrogens (primary N) is 2. The van der Waals surface area contributed by atoms with Crippen molar-refractivity contribution in [2.75, 3.05) is 12.3 Å². The number of rotatable bonds is 5. The molecule has 1 aromatic rings. The van der Waals surface area contributed by atoms with E-state index in [1.165, 1.54) is 6.07 Å². The summed E-state index contributed by atoms with van der Waals surface area (Å²) < 4.78 is 25.9. The van der Waals surface area contributed by atoms with Crippen molar-refractivity contribution in [1.82, 2.24) is 4.72 Å². The van der Waals surface area contributed by atoms with E-state index < -0.39 is 22.5 Å². The molecule has 6 nitrogen and oxygen atoms in total. The average molecular weight is 257 g/mol. The number of anilines is 1. The van der Waals surface area contributed by atoms with E-state index >= 15 is 0 Å². The molecule has 94 valence electrons. The van der Waals surface area contributed by atoms with Gasteiger partial charge in [0.15, 0.2) is 0 Å². The summed E-state index contributed by atoms with van der Waals surface area (Å²) >= 11 is 0. The Hall–Kier alpha value is -1.60. The molecule has 0 saturated carbocycles. The van der Waals surface area contributed by atoms with Crippen LogP contribution in [0.15, 0.2) is 23.1 Å². The quantitative estimate of drug-likeness (QED) is 0.622. The molecule has 0 radical (unpaired) electrons. The molecule has 0 aliphatic heterocycles. The number of sulfonamides is 1. The highest BCUT2D eigenvalue weighted by atomic mass is 32.2. The molecule has 1 rings (SSSR count). The van der Waals surface area contributed by atoms with Gasteiger partial charge in [-0.1, -0.05) is 13.0 Å². The van der Waals surface area contributed by atoms with Crippen LogP contribution in [0.3, 0.4) is 0 Å². The predicted molar refractivity (Wildman–Crippen MR) is 64.6 cm³/mol. The molecule has 0 aromatic heterocycles. The summed E-state index contributed by atoms with van der Waals surface area (Å²) in [6.45, 7) is 1.40. The van der Waals surface area contributed by atoms with Crippen molar-refractivity contribution in [3.05, 3.63) is 23.8 Å². The molecule has 7 heteroatoms. The van der Waals surface area contributed by atoms with Gasteiger partial charge in [0.05, 0.1) is 11.4 Å². The summed E-state index contributed by atoms with van der Waals surface area (Å²) in [5.41, 5.74) is 11.4. The monoisotopic (exact) mass is 257 g/mol. The summed E-state index contributed by atoms with van der Waals surface area (Å²) in [4.78, 5) is 10.7. The van der Waals surface area contributed by atoms with Gasteiger partial charge in [-0.25, -0.2) is 13.1 Å². The number of nitrogen functional groups attached to an aromatic ring is 1. The predicted octanol–water partition coefficient (Wildman–Crippen LogP) is -0.405. The van der Waals surface area contributed by atoms with Crippen molar-refractivity contribution in [3.63, 3.8) is 0 Å². The summed E-state index contributed by atoms with van der Waals surface area (Å²) in [6.07, 6.45) is 0.549. The van der Waals surface area contributed by atoms with E-state index in [-0.39, 0.29) is 4.90 Å². The average Bonchev–Trinajstić information content (AvgIpc) is 2.26. The van der Waals surface area contributed by atoms with Gasteiger partial charge in [0.1, 0.15) is 0 Å². The van der Waals surface area contributed by atoms with Crippen LogP contribution in [-0.2, 0) is 21.2 Å². The lowest BCUT2D eigenvalue weighted by molar-refractivity contribution is -0.116. The SMILES string of the molecule is CCc1ccc(N)cc1S(=O)(=O)NCC(N)=O. The Balaban J connectivity index is 3.13. The first kappa shape index (κ1) is 13.5. The minimum Gasteiger partial charge on any atom is -0.399 e. The lowest BCUT2D eigenvalue weighted by atomic mass is 10.1. The normalized spacial score (nSPS) is 11.4. The second kappa shape index (κ2) is 5.15. The molecular weight excluding hydrogens is 242 g/mol. The zero-order valence-electron chi connectivity index (χ0n) is 9.43. The Bertz CT molecular complexity index is 526. The number of aryl methyl sites for hydroxylation is 1. The molecule has 5 N–H and O–H groups in total. The van der Waals surface area contributed by atoms with E-state index in [9.17, 15) is 13.2 Å². The van der Waals surface area contributed by atoms with E-state index in [1.807, 2.05) is 6.92 Å². The highest BCUT2D eigenvalue weighted by Gasteiger charge is 2.18. The van der Waals surface area contributed by atoms with Crippen LogP contribution < -0.4 is 16.2 Å². The fourth-order valence-electron chi connectivity index (χ4n) is 1.36. The molecule has 0 bridgehead atoms. The number of primary amides is 1. The van der Waals surface area contributed by atoms with E-state index in [0.29, 0.717) is 17.7 Å². The molecule has 0 aliphatic rings. The minimum atomic E-state index is -3.75. The molecule has 0 spiro atoms. The Morgan fingerprint density at radius 1 is 1.41 bits per heavy atom. The maximum Gasteiger partial charge on any atom is 0.241 e. The standard InChI is InChI=1S/C10H15N3O3S/c1-2-7-3-4-8(11)5-9(7)17(15,16)13-6-10(12)14/h3-5,13H,2,6,11H2,1H3,(H2,12,14). The van der Waals surface area contributed by atoms with E-state index in [1.54, 1.807) is 12.1 Å². The van der Waals surface area contributed by atoms with Gasteiger partial charge in [0.25, 0.3) is 0 Å². The van der Waals surface area contributed by atoms with Gasteiger partial charge in [0.2, 0.25) is 15.9 Å². The zero-order chi connectivity index (χ0) is 13.1. The van der Waals surface area contributed by atoms with Crippen molar-refractivity contribution in [2.24, 2.45) is 5.73 Å². The van der Waals surface area contributed by atoms with Crippen molar-refractivity contribution >= 4 is 21.6 Å². The van der Waals surface area contributed by atoms with Gasteiger partial charge >= 0.3 is 0 Å². The highest BCUT2D eigenvalue weighted by Crippen LogP contribution is 2.19. The largest absolute Gasteiger partial charge is 0.399 e. The minimum absolute atomic E-state index is 0.0845. The Morgan fingerprint density at radius 2 is 2.06 bits per heavy atom. The maximum atomic E-state index is 11.9. The highest BCUT2D eigenvalue weighted by molar-refractivity contribution is 7.89. The van der Waals surface area contributed by atoms with Crippen LogP contribution in [0.1, 0.15) is 12.5 Å². The summed E-state index contributed by atoms with van der Waals surface area (Å²) in [7, 11) is -3.75. The molecule has 1 aromatic carbocycles. The molecule has 17 heavy (non-hydrogen) atoms. The molecule has 0 heterocycles. The van der Waals surface area contributed by atoms with Crippen molar-refractivity contribution in [1.29, 1.82) is 0 Å². The van der Waals surface area contributed by atoms with Crippen LogP contribution >= 0.6 is 0 Å². The van der Waals surface area contributed by atoms with E-state index in [0.717, 1.165) is 0 Å². The summed E-state index contributed by atoms with van der Waals surface area (Å²) in [5, 5.41) is 0. The third-order valence-corrected chi connectivity index (χ3v) is 3.68. The first-order valence-electron chi connectivity index (χ1n) is 5.03. The number of hydrogen-bond acceptors (Lipinski definition) is 4. The van der Waals surface area contributed by atoms with Crippen LogP contribution in [0, 0.1) is 0 Å². The van der Waals surface area contributed by atoms with Crippen molar-refractivity contribution in [3.8, 4) is 0 Å². The molecule has 0 atom stereocenters. The number of benzene rings is 1. The van der Waals surface area contributed by atoms with Crippen molar-refractivity contribution < 1.29 is 13.2 Å². The summed E-state index contributed by atoms with van der Waals surface area (Å²) in [5.74, 6) is -0.740. The second-order valence-corrected chi connectivity index (χ2v) is 5.25. The maximum absolute atomic E-state index is 11.9. The Morgan fingerprint density at radius 3 is 2.59 bits per heavy atom. The van der Waals surface area contributed by atoms with Crippen LogP contribution in [-0.4, -0.2) is 20.9 Å². The second-order valence-electron chi connectivity index (χ2n) is 3.51. The van der Waals surface area contributed by atoms with Crippen LogP contribution in [0.25, 0.3) is 0 Å². The van der Waals surface area contributed by atoms with Crippen LogP contribution in [0.4, 0.5) is 5.69 Å². The molecule has 0 saturated heterocycles. The van der Waals surface area contributed by atoms with Crippen molar-refractivity contribution in [2.45, 2.75) is 18.2 Å². The molecular formula is C10H15N3O3S. The summed E-state index contributed by atoms with van der Waals surface area (Å²) in [6, 6.07) is 4.64. The molecule has 0 fully saturated rings. The molecule has 1 amide bonds.